The zero-order chi connectivity index (χ0) is 12.8. The van der Waals surface area contributed by atoms with Crippen LogP contribution in [0.5, 0.6) is 0 Å². The van der Waals surface area contributed by atoms with E-state index in [9.17, 15) is 9.59 Å². The van der Waals surface area contributed by atoms with E-state index in [1.54, 1.807) is 11.8 Å². The highest BCUT2D eigenvalue weighted by molar-refractivity contribution is 5.96. The van der Waals surface area contributed by atoms with Crippen molar-refractivity contribution in [2.75, 3.05) is 19.8 Å². The quantitative estimate of drug-likeness (QED) is 0.692. The van der Waals surface area contributed by atoms with Crippen molar-refractivity contribution in [2.24, 2.45) is 0 Å². The van der Waals surface area contributed by atoms with Crippen molar-refractivity contribution in [3.8, 4) is 0 Å². The maximum Gasteiger partial charge on any atom is 0.245 e. The number of ether oxygens (including phenoxy) is 1. The molecule has 0 spiro atoms. The Morgan fingerprint density at radius 1 is 1.29 bits per heavy atom. The minimum absolute atomic E-state index is 0.0171. The van der Waals surface area contributed by atoms with Crippen molar-refractivity contribution in [1.29, 1.82) is 0 Å². The molecule has 17 heavy (non-hydrogen) atoms. The van der Waals surface area contributed by atoms with Crippen molar-refractivity contribution in [3.05, 3.63) is 0 Å². The highest BCUT2D eigenvalue weighted by atomic mass is 16.5. The summed E-state index contributed by atoms with van der Waals surface area (Å²) in [5.74, 6) is -0.0772. The second kappa shape index (κ2) is 6.59. The molecule has 1 aliphatic heterocycles. The molecule has 5 heteroatoms. The van der Waals surface area contributed by atoms with E-state index < -0.39 is 6.04 Å². The van der Waals surface area contributed by atoms with Crippen LogP contribution in [0.1, 0.15) is 33.6 Å². The molecule has 0 aromatic carbocycles. The third-order valence-electron chi connectivity index (χ3n) is 2.90. The van der Waals surface area contributed by atoms with Gasteiger partial charge < -0.3 is 15.0 Å². The molecule has 0 aromatic rings. The Morgan fingerprint density at radius 3 is 2.59 bits per heavy atom. The maximum atomic E-state index is 12.0. The monoisotopic (exact) mass is 242 g/mol. The fourth-order valence-electron chi connectivity index (χ4n) is 2.00. The van der Waals surface area contributed by atoms with Gasteiger partial charge in [0.2, 0.25) is 11.8 Å². The first-order valence-electron chi connectivity index (χ1n) is 6.30. The number of hydrogen-bond acceptors (Lipinski definition) is 3. The van der Waals surface area contributed by atoms with Gasteiger partial charge in [0.1, 0.15) is 12.1 Å². The van der Waals surface area contributed by atoms with Crippen LogP contribution in [0.4, 0.5) is 0 Å². The molecule has 5 nitrogen and oxygen atoms in total. The fourth-order valence-corrected chi connectivity index (χ4v) is 2.00. The molecule has 1 saturated heterocycles. The van der Waals surface area contributed by atoms with Crippen LogP contribution in [0.25, 0.3) is 0 Å². The van der Waals surface area contributed by atoms with Crippen LogP contribution in [-0.2, 0) is 14.3 Å². The minimum atomic E-state index is -0.420. The molecule has 2 amide bonds. The molecular formula is C12H22N2O3. The SMILES string of the molecule is CCCOCCN1C(=O)C(C)NC(=O)C1CC. The Labute approximate surface area is 102 Å². The van der Waals surface area contributed by atoms with Gasteiger partial charge in [-0.05, 0) is 19.8 Å². The zero-order valence-electron chi connectivity index (χ0n) is 10.9. The summed E-state index contributed by atoms with van der Waals surface area (Å²) < 4.78 is 5.37. The Hall–Kier alpha value is -1.10. The molecule has 0 bridgehead atoms. The maximum absolute atomic E-state index is 12.0. The molecule has 98 valence electrons. The van der Waals surface area contributed by atoms with Crippen LogP contribution in [0.15, 0.2) is 0 Å². The molecule has 1 aliphatic rings. The molecule has 0 aromatic heterocycles. The average molecular weight is 242 g/mol. The van der Waals surface area contributed by atoms with Gasteiger partial charge in [0.05, 0.1) is 6.61 Å². The molecule has 1 N–H and O–H groups in total. The van der Waals surface area contributed by atoms with E-state index in [1.807, 2.05) is 13.8 Å². The van der Waals surface area contributed by atoms with E-state index in [0.717, 1.165) is 6.42 Å². The molecule has 2 unspecified atom stereocenters. The minimum Gasteiger partial charge on any atom is -0.380 e. The largest absolute Gasteiger partial charge is 0.380 e. The number of nitrogens with one attached hydrogen (secondary N) is 1. The van der Waals surface area contributed by atoms with E-state index in [0.29, 0.717) is 26.2 Å². The summed E-state index contributed by atoms with van der Waals surface area (Å²) >= 11 is 0. The van der Waals surface area contributed by atoms with E-state index in [4.69, 9.17) is 4.74 Å². The molecule has 0 saturated carbocycles. The summed E-state index contributed by atoms with van der Waals surface area (Å²) in [7, 11) is 0. The molecule has 0 aliphatic carbocycles. The van der Waals surface area contributed by atoms with Crippen molar-refractivity contribution in [3.63, 3.8) is 0 Å². The van der Waals surface area contributed by atoms with E-state index >= 15 is 0 Å². The van der Waals surface area contributed by atoms with E-state index in [-0.39, 0.29) is 17.9 Å². The first-order chi connectivity index (χ1) is 8.11. The predicted molar refractivity (Wildman–Crippen MR) is 64.5 cm³/mol. The summed E-state index contributed by atoms with van der Waals surface area (Å²) in [4.78, 5) is 25.3. The van der Waals surface area contributed by atoms with Gasteiger partial charge in [-0.3, -0.25) is 9.59 Å². The van der Waals surface area contributed by atoms with Gasteiger partial charge in [-0.25, -0.2) is 0 Å². The number of hydrogen-bond donors (Lipinski definition) is 1. The summed E-state index contributed by atoms with van der Waals surface area (Å²) in [5.41, 5.74) is 0. The lowest BCUT2D eigenvalue weighted by Crippen LogP contribution is -2.62. The molecule has 2 atom stereocenters. The molecule has 0 radical (unpaired) electrons. The Kier molecular flexibility index (Phi) is 5.41. The van der Waals surface area contributed by atoms with Crippen LogP contribution in [0.3, 0.4) is 0 Å². The highest BCUT2D eigenvalue weighted by Gasteiger charge is 2.36. The Balaban J connectivity index is 2.56. The average Bonchev–Trinajstić information content (AvgIpc) is 2.30. The first kappa shape index (κ1) is 14.0. The number of carbonyl (C=O) groups is 2. The van der Waals surface area contributed by atoms with Gasteiger partial charge in [0, 0.05) is 13.2 Å². The number of piperazine rings is 1. The lowest BCUT2D eigenvalue weighted by atomic mass is 10.1. The summed E-state index contributed by atoms with van der Waals surface area (Å²) in [6.07, 6.45) is 1.60. The molecule has 1 fully saturated rings. The van der Waals surface area contributed by atoms with Crippen LogP contribution in [0, 0.1) is 0 Å². The van der Waals surface area contributed by atoms with Crippen LogP contribution < -0.4 is 5.32 Å². The van der Waals surface area contributed by atoms with Gasteiger partial charge >= 0.3 is 0 Å². The van der Waals surface area contributed by atoms with Crippen LogP contribution in [0.2, 0.25) is 0 Å². The van der Waals surface area contributed by atoms with E-state index in [1.165, 1.54) is 0 Å². The highest BCUT2D eigenvalue weighted by Crippen LogP contribution is 2.12. The van der Waals surface area contributed by atoms with Crippen molar-refractivity contribution in [2.45, 2.75) is 45.7 Å². The number of carbonyl (C=O) groups excluding carboxylic acids is 2. The molecule has 1 rings (SSSR count). The number of nitrogens with zero attached hydrogens (tertiary/aromatic N) is 1. The second-order valence-corrected chi connectivity index (χ2v) is 4.30. The lowest BCUT2D eigenvalue weighted by Gasteiger charge is -2.37. The van der Waals surface area contributed by atoms with Crippen molar-refractivity contribution < 1.29 is 14.3 Å². The van der Waals surface area contributed by atoms with Crippen molar-refractivity contribution in [1.82, 2.24) is 10.2 Å². The lowest BCUT2D eigenvalue weighted by molar-refractivity contribution is -0.149. The summed E-state index contributed by atoms with van der Waals surface area (Å²) in [6, 6.07) is -0.764. The van der Waals surface area contributed by atoms with Gasteiger partial charge in [-0.2, -0.15) is 0 Å². The molecule has 1 heterocycles. The third kappa shape index (κ3) is 3.43. The number of amides is 2. The molecular weight excluding hydrogens is 220 g/mol. The number of rotatable bonds is 6. The van der Waals surface area contributed by atoms with Gasteiger partial charge in [-0.1, -0.05) is 13.8 Å². The second-order valence-electron chi connectivity index (χ2n) is 4.30. The normalized spacial score (nSPS) is 25.0. The Morgan fingerprint density at radius 2 is 2.00 bits per heavy atom. The predicted octanol–water partition coefficient (Wildman–Crippen LogP) is 0.539. The third-order valence-corrected chi connectivity index (χ3v) is 2.90. The van der Waals surface area contributed by atoms with Gasteiger partial charge in [0.15, 0.2) is 0 Å². The standard InChI is InChI=1S/C12H22N2O3/c1-4-7-17-8-6-14-10(5-2)11(15)13-9(3)12(14)16/h9-10H,4-8H2,1-3H3,(H,13,15). The van der Waals surface area contributed by atoms with Crippen LogP contribution in [-0.4, -0.2) is 48.6 Å². The fraction of sp³-hybridized carbons (Fsp3) is 0.833. The van der Waals surface area contributed by atoms with Crippen LogP contribution >= 0.6 is 0 Å². The summed E-state index contributed by atoms with van der Waals surface area (Å²) in [5, 5.41) is 2.69. The Bertz CT molecular complexity index is 281. The summed E-state index contributed by atoms with van der Waals surface area (Å²) in [6.45, 7) is 7.35. The smallest absolute Gasteiger partial charge is 0.245 e. The van der Waals surface area contributed by atoms with E-state index in [2.05, 4.69) is 5.32 Å². The van der Waals surface area contributed by atoms with Gasteiger partial charge in [0.25, 0.3) is 0 Å². The van der Waals surface area contributed by atoms with Gasteiger partial charge in [-0.15, -0.1) is 0 Å². The van der Waals surface area contributed by atoms with Crippen molar-refractivity contribution >= 4 is 11.8 Å². The zero-order valence-corrected chi connectivity index (χ0v) is 10.9. The topological polar surface area (TPSA) is 58.6 Å². The first-order valence-corrected chi connectivity index (χ1v) is 6.30.